The van der Waals surface area contributed by atoms with Crippen LogP contribution in [-0.2, 0) is 13.1 Å². The molecule has 0 unspecified atom stereocenters. The van der Waals surface area contributed by atoms with Gasteiger partial charge in [0.1, 0.15) is 11.5 Å². The predicted octanol–water partition coefficient (Wildman–Crippen LogP) is 5.12. The number of aromatic nitrogens is 3. The molecule has 0 aliphatic carbocycles. The van der Waals surface area contributed by atoms with E-state index in [0.29, 0.717) is 5.76 Å². The van der Waals surface area contributed by atoms with Gasteiger partial charge in [-0.2, -0.15) is 5.10 Å². The summed E-state index contributed by atoms with van der Waals surface area (Å²) < 4.78 is 20.8. The number of rotatable bonds is 5. The zero-order chi connectivity index (χ0) is 19.5. The first-order valence-electron chi connectivity index (χ1n) is 10.1. The molecule has 1 saturated heterocycles. The molecule has 0 bridgehead atoms. The second-order valence-electron chi connectivity index (χ2n) is 7.55. The lowest BCUT2D eigenvalue weighted by Gasteiger charge is -2.28. The summed E-state index contributed by atoms with van der Waals surface area (Å²) in [5, 5.41) is 8.98. The summed E-state index contributed by atoms with van der Waals surface area (Å²) >= 11 is 0. The lowest BCUT2D eigenvalue weighted by atomic mass is 10.0. The lowest BCUT2D eigenvalue weighted by molar-refractivity contribution is 0.183. The van der Waals surface area contributed by atoms with Gasteiger partial charge in [-0.3, -0.25) is 9.58 Å². The largest absolute Gasteiger partial charge is 0.356 e. The van der Waals surface area contributed by atoms with Crippen LogP contribution in [0.4, 0.5) is 4.39 Å². The minimum Gasteiger partial charge on any atom is -0.356 e. The van der Waals surface area contributed by atoms with Gasteiger partial charge in [0.15, 0.2) is 5.76 Å². The van der Waals surface area contributed by atoms with E-state index in [2.05, 4.69) is 35.2 Å². The van der Waals surface area contributed by atoms with Gasteiger partial charge < -0.3 is 4.52 Å². The van der Waals surface area contributed by atoms with Gasteiger partial charge in [0, 0.05) is 36.5 Å². The second-order valence-corrected chi connectivity index (χ2v) is 7.55. The third-order valence-corrected chi connectivity index (χ3v) is 5.61. The molecule has 1 aliphatic heterocycles. The van der Waals surface area contributed by atoms with Crippen LogP contribution in [0.3, 0.4) is 0 Å². The van der Waals surface area contributed by atoms with Crippen molar-refractivity contribution in [2.45, 2.75) is 58.7 Å². The first kappa shape index (κ1) is 18.9. The first-order valence-corrected chi connectivity index (χ1v) is 10.1. The normalized spacial score (nSPS) is 18.3. The van der Waals surface area contributed by atoms with Gasteiger partial charge >= 0.3 is 0 Å². The molecule has 0 amide bonds. The summed E-state index contributed by atoms with van der Waals surface area (Å²) in [7, 11) is 0. The number of hydrogen-bond donors (Lipinski definition) is 0. The van der Waals surface area contributed by atoms with E-state index in [-0.39, 0.29) is 11.9 Å². The summed E-state index contributed by atoms with van der Waals surface area (Å²) in [4.78, 5) is 2.50. The van der Waals surface area contributed by atoms with E-state index in [0.717, 1.165) is 43.0 Å². The smallest absolute Gasteiger partial charge is 0.167 e. The van der Waals surface area contributed by atoms with Crippen LogP contribution in [0.1, 0.15) is 55.6 Å². The Labute approximate surface area is 165 Å². The van der Waals surface area contributed by atoms with Crippen molar-refractivity contribution in [2.75, 3.05) is 6.54 Å². The van der Waals surface area contributed by atoms with Gasteiger partial charge in [-0.15, -0.1) is 0 Å². The van der Waals surface area contributed by atoms with Gasteiger partial charge in [0.25, 0.3) is 0 Å². The van der Waals surface area contributed by atoms with E-state index in [1.165, 1.54) is 37.0 Å². The van der Waals surface area contributed by atoms with Crippen LogP contribution in [0.15, 0.2) is 41.1 Å². The molecule has 0 spiro atoms. The van der Waals surface area contributed by atoms with Crippen molar-refractivity contribution in [1.82, 2.24) is 19.8 Å². The summed E-state index contributed by atoms with van der Waals surface area (Å²) in [6.07, 6.45) is 6.84. The third-order valence-electron chi connectivity index (χ3n) is 5.61. The first-order chi connectivity index (χ1) is 13.6. The Kier molecular flexibility index (Phi) is 5.57. The van der Waals surface area contributed by atoms with Crippen molar-refractivity contribution in [3.63, 3.8) is 0 Å². The molecule has 5 nitrogen and oxygen atoms in total. The molecule has 1 atom stereocenters. The van der Waals surface area contributed by atoms with Crippen LogP contribution in [0.2, 0.25) is 0 Å². The highest BCUT2D eigenvalue weighted by molar-refractivity contribution is 5.57. The number of benzene rings is 1. The number of aryl methyl sites for hydroxylation is 2. The molecular weight excluding hydrogens is 355 g/mol. The summed E-state index contributed by atoms with van der Waals surface area (Å²) in [6.45, 7) is 6.98. The minimum atomic E-state index is -0.249. The molecule has 1 aliphatic rings. The Morgan fingerprint density at radius 3 is 2.75 bits per heavy atom. The fraction of sp³-hybridized carbons (Fsp3) is 0.455. The highest BCUT2D eigenvalue weighted by Gasteiger charge is 2.27. The number of likely N-dealkylation sites (tertiary alicyclic amines) is 1. The molecule has 0 N–H and O–H groups in total. The van der Waals surface area contributed by atoms with Gasteiger partial charge in [-0.25, -0.2) is 4.39 Å². The van der Waals surface area contributed by atoms with E-state index in [4.69, 9.17) is 4.52 Å². The zero-order valence-corrected chi connectivity index (χ0v) is 16.6. The Morgan fingerprint density at radius 1 is 1.18 bits per heavy atom. The summed E-state index contributed by atoms with van der Waals surface area (Å²) in [6, 6.07) is 8.59. The van der Waals surface area contributed by atoms with Crippen molar-refractivity contribution in [3.05, 3.63) is 59.3 Å². The average Bonchev–Trinajstić information content (AvgIpc) is 3.24. The van der Waals surface area contributed by atoms with E-state index < -0.39 is 0 Å². The average molecular weight is 382 g/mol. The minimum absolute atomic E-state index is 0.227. The zero-order valence-electron chi connectivity index (χ0n) is 16.6. The fourth-order valence-electron chi connectivity index (χ4n) is 3.98. The number of nitrogens with zero attached hydrogens (tertiary/aromatic N) is 4. The van der Waals surface area contributed by atoms with Crippen molar-refractivity contribution in [2.24, 2.45) is 0 Å². The standard InChI is InChI=1S/C22H27FN4O/c1-3-27-15-18(16(2)24-27)14-26-12-6-4-5-7-21(26)20-13-22(28-25-20)17-8-10-19(23)11-9-17/h8-11,13,15,21H,3-7,12,14H2,1-2H3/t21-/m1/s1. The Bertz CT molecular complexity index is 915. The van der Waals surface area contributed by atoms with Crippen LogP contribution in [0.25, 0.3) is 11.3 Å². The molecule has 148 valence electrons. The Balaban J connectivity index is 1.58. The third kappa shape index (κ3) is 4.02. The van der Waals surface area contributed by atoms with Crippen molar-refractivity contribution in [1.29, 1.82) is 0 Å². The van der Waals surface area contributed by atoms with Gasteiger partial charge in [0.2, 0.25) is 0 Å². The molecule has 3 aromatic rings. The van der Waals surface area contributed by atoms with Crippen molar-refractivity contribution in [3.8, 4) is 11.3 Å². The topological polar surface area (TPSA) is 47.1 Å². The van der Waals surface area contributed by atoms with Gasteiger partial charge in [-0.05, 0) is 57.5 Å². The molecule has 1 aromatic carbocycles. The highest BCUT2D eigenvalue weighted by Crippen LogP contribution is 2.33. The summed E-state index contributed by atoms with van der Waals surface area (Å²) in [5.74, 6) is 0.440. The van der Waals surface area contributed by atoms with Crippen LogP contribution in [-0.4, -0.2) is 26.4 Å². The molecular formula is C22H27FN4O. The highest BCUT2D eigenvalue weighted by atomic mass is 19.1. The van der Waals surface area contributed by atoms with Crippen molar-refractivity contribution >= 4 is 0 Å². The maximum absolute atomic E-state index is 13.2. The molecule has 2 aromatic heterocycles. The van der Waals surface area contributed by atoms with Gasteiger partial charge in [-0.1, -0.05) is 18.0 Å². The molecule has 0 radical (unpaired) electrons. The second kappa shape index (κ2) is 8.27. The molecule has 28 heavy (non-hydrogen) atoms. The Morgan fingerprint density at radius 2 is 2.00 bits per heavy atom. The fourth-order valence-corrected chi connectivity index (χ4v) is 3.98. The van der Waals surface area contributed by atoms with Crippen molar-refractivity contribution < 1.29 is 8.91 Å². The van der Waals surface area contributed by atoms with E-state index in [1.807, 2.05) is 10.7 Å². The van der Waals surface area contributed by atoms with E-state index in [9.17, 15) is 4.39 Å². The molecule has 0 saturated carbocycles. The predicted molar refractivity (Wildman–Crippen MR) is 106 cm³/mol. The Hall–Kier alpha value is -2.47. The SMILES string of the molecule is CCn1cc(CN2CCCCC[C@@H]2c2cc(-c3ccc(F)cc3)on2)c(C)n1. The molecule has 4 rings (SSSR count). The molecule has 6 heteroatoms. The number of hydrogen-bond acceptors (Lipinski definition) is 4. The van der Waals surface area contributed by atoms with Crippen LogP contribution in [0.5, 0.6) is 0 Å². The molecule has 1 fully saturated rings. The van der Waals surface area contributed by atoms with E-state index in [1.54, 1.807) is 12.1 Å². The summed E-state index contributed by atoms with van der Waals surface area (Å²) in [5.41, 5.74) is 4.18. The van der Waals surface area contributed by atoms with E-state index >= 15 is 0 Å². The maximum Gasteiger partial charge on any atom is 0.167 e. The lowest BCUT2D eigenvalue weighted by Crippen LogP contribution is -2.28. The van der Waals surface area contributed by atoms with Crippen LogP contribution < -0.4 is 0 Å². The maximum atomic E-state index is 13.2. The molecule has 3 heterocycles. The van der Waals surface area contributed by atoms with Crippen LogP contribution in [0, 0.1) is 12.7 Å². The number of halogens is 1. The van der Waals surface area contributed by atoms with Gasteiger partial charge in [0.05, 0.1) is 11.7 Å². The monoisotopic (exact) mass is 382 g/mol. The quantitative estimate of drug-likeness (QED) is 0.614. The van der Waals surface area contributed by atoms with Crippen LogP contribution >= 0.6 is 0 Å².